The van der Waals surface area contributed by atoms with Crippen LogP contribution in [0.5, 0.6) is 11.5 Å². The van der Waals surface area contributed by atoms with Crippen molar-refractivity contribution >= 4 is 22.1 Å². The first kappa shape index (κ1) is 20.5. The van der Waals surface area contributed by atoms with E-state index in [0.29, 0.717) is 0 Å². The highest BCUT2D eigenvalue weighted by molar-refractivity contribution is 6.09. The molecule has 36 heavy (non-hydrogen) atoms. The van der Waals surface area contributed by atoms with Crippen molar-refractivity contribution in [1.29, 1.82) is 0 Å². The van der Waals surface area contributed by atoms with E-state index in [4.69, 9.17) is 4.74 Å². The van der Waals surface area contributed by atoms with E-state index in [1.807, 2.05) is 30.3 Å². The summed E-state index contributed by atoms with van der Waals surface area (Å²) < 4.78 is 6.66. The highest BCUT2D eigenvalue weighted by Crippen LogP contribution is 2.47. The van der Waals surface area contributed by atoms with E-state index in [1.54, 1.807) is 0 Å². The van der Waals surface area contributed by atoms with Crippen LogP contribution in [-0.2, 0) is 0 Å². The van der Waals surface area contributed by atoms with Crippen molar-refractivity contribution in [3.05, 3.63) is 133 Å². The molecular weight excluding hydrogens is 438 g/mol. The SMILES string of the molecule is c1ccc(Nc2ccc3c(c2)-c2ccccc2Oc2ccccc2-c2cccc4cccc-3c24)cc1. The Morgan fingerprint density at radius 3 is 1.69 bits per heavy atom. The maximum Gasteiger partial charge on any atom is 0.135 e. The minimum absolute atomic E-state index is 0.842. The molecule has 0 saturated carbocycles. The van der Waals surface area contributed by atoms with Crippen LogP contribution in [0.2, 0.25) is 0 Å². The summed E-state index contributed by atoms with van der Waals surface area (Å²) in [4.78, 5) is 0. The Hall–Kier alpha value is -4.82. The minimum Gasteiger partial charge on any atom is -0.456 e. The summed E-state index contributed by atoms with van der Waals surface area (Å²) in [6.45, 7) is 0. The van der Waals surface area contributed by atoms with Gasteiger partial charge in [-0.15, -0.1) is 0 Å². The molecule has 0 unspecified atom stereocenters. The summed E-state index contributed by atoms with van der Waals surface area (Å²) in [5.74, 6) is 1.70. The Kier molecular flexibility index (Phi) is 4.82. The van der Waals surface area contributed by atoms with Gasteiger partial charge in [-0.25, -0.2) is 0 Å². The normalized spacial score (nSPS) is 11.6. The van der Waals surface area contributed by atoms with Gasteiger partial charge in [0.15, 0.2) is 0 Å². The number of hydrogen-bond acceptors (Lipinski definition) is 2. The van der Waals surface area contributed by atoms with E-state index in [-0.39, 0.29) is 0 Å². The fourth-order valence-electron chi connectivity index (χ4n) is 5.23. The van der Waals surface area contributed by atoms with Crippen molar-refractivity contribution in [2.45, 2.75) is 0 Å². The van der Waals surface area contributed by atoms with Crippen LogP contribution >= 0.6 is 0 Å². The van der Waals surface area contributed by atoms with Crippen LogP contribution in [0.15, 0.2) is 133 Å². The molecule has 0 fully saturated rings. The first-order valence-electron chi connectivity index (χ1n) is 12.2. The second-order valence-electron chi connectivity index (χ2n) is 9.06. The molecule has 6 aromatic rings. The number of rotatable bonds is 2. The first-order chi connectivity index (χ1) is 17.8. The number of nitrogens with one attached hydrogen (secondary N) is 1. The lowest BCUT2D eigenvalue weighted by Gasteiger charge is -2.22. The Balaban J connectivity index is 1.56. The van der Waals surface area contributed by atoms with Gasteiger partial charge in [-0.2, -0.15) is 0 Å². The minimum atomic E-state index is 0.842. The summed E-state index contributed by atoms with van der Waals surface area (Å²) in [6.07, 6.45) is 0. The molecule has 1 aliphatic rings. The molecule has 1 heterocycles. The number of para-hydroxylation sites is 3. The van der Waals surface area contributed by atoms with Gasteiger partial charge in [0.05, 0.1) is 0 Å². The first-order valence-corrected chi connectivity index (χ1v) is 12.2. The van der Waals surface area contributed by atoms with Gasteiger partial charge in [0.1, 0.15) is 11.5 Å². The third kappa shape index (κ3) is 3.43. The van der Waals surface area contributed by atoms with Crippen molar-refractivity contribution < 1.29 is 4.74 Å². The van der Waals surface area contributed by atoms with Crippen molar-refractivity contribution in [2.75, 3.05) is 5.32 Å². The number of fused-ring (bicyclic) bond motifs is 6. The Labute approximate surface area is 210 Å². The zero-order valence-corrected chi connectivity index (χ0v) is 19.6. The topological polar surface area (TPSA) is 21.3 Å². The van der Waals surface area contributed by atoms with Crippen molar-refractivity contribution in [3.63, 3.8) is 0 Å². The van der Waals surface area contributed by atoms with Gasteiger partial charge in [0.2, 0.25) is 0 Å². The fraction of sp³-hybridized carbons (Fsp3) is 0. The molecule has 0 bridgehead atoms. The molecule has 7 rings (SSSR count). The third-order valence-electron chi connectivity index (χ3n) is 6.85. The molecule has 0 radical (unpaired) electrons. The van der Waals surface area contributed by atoms with Crippen molar-refractivity contribution in [1.82, 2.24) is 0 Å². The number of hydrogen-bond donors (Lipinski definition) is 1. The molecule has 2 nitrogen and oxygen atoms in total. The molecule has 0 aromatic heterocycles. The van der Waals surface area contributed by atoms with Gasteiger partial charge >= 0.3 is 0 Å². The lowest BCUT2D eigenvalue weighted by atomic mass is 9.87. The van der Waals surface area contributed by atoms with Crippen LogP contribution in [0.1, 0.15) is 0 Å². The van der Waals surface area contributed by atoms with Gasteiger partial charge in [0.25, 0.3) is 0 Å². The lowest BCUT2D eigenvalue weighted by molar-refractivity contribution is 0.486. The Morgan fingerprint density at radius 2 is 0.972 bits per heavy atom. The van der Waals surface area contributed by atoms with Crippen molar-refractivity contribution in [3.8, 4) is 44.9 Å². The molecule has 1 N–H and O–H groups in total. The smallest absolute Gasteiger partial charge is 0.135 e. The van der Waals surface area contributed by atoms with Crippen molar-refractivity contribution in [2.24, 2.45) is 0 Å². The van der Waals surface area contributed by atoms with Crippen LogP contribution < -0.4 is 10.1 Å². The zero-order valence-electron chi connectivity index (χ0n) is 19.6. The molecule has 1 aliphatic heterocycles. The monoisotopic (exact) mass is 461 g/mol. The maximum atomic E-state index is 6.66. The van der Waals surface area contributed by atoms with E-state index in [1.165, 1.54) is 27.5 Å². The van der Waals surface area contributed by atoms with Crippen LogP contribution in [0.25, 0.3) is 44.2 Å². The molecular formula is C34H23NO. The van der Waals surface area contributed by atoms with Gasteiger partial charge < -0.3 is 10.1 Å². The van der Waals surface area contributed by atoms with Crippen LogP contribution in [0, 0.1) is 0 Å². The van der Waals surface area contributed by atoms with Crippen LogP contribution in [-0.4, -0.2) is 0 Å². The molecule has 6 aromatic carbocycles. The third-order valence-corrected chi connectivity index (χ3v) is 6.85. The molecule has 2 heteroatoms. The second-order valence-corrected chi connectivity index (χ2v) is 9.06. The molecule has 0 saturated heterocycles. The molecule has 170 valence electrons. The van der Waals surface area contributed by atoms with Crippen LogP contribution in [0.3, 0.4) is 0 Å². The quantitative estimate of drug-likeness (QED) is 0.277. The average Bonchev–Trinajstić information content (AvgIpc) is 2.93. The van der Waals surface area contributed by atoms with Gasteiger partial charge in [-0.3, -0.25) is 0 Å². The van der Waals surface area contributed by atoms with Gasteiger partial charge in [-0.05, 0) is 69.4 Å². The van der Waals surface area contributed by atoms with E-state index < -0.39 is 0 Å². The standard InChI is InChI=1S/C34H23NO/c1-2-12-24(13-3-1)35-25-20-21-26-29-16-8-10-23-11-9-17-30(34(23)29)27-14-4-6-18-32(27)36-33-19-7-5-15-28(33)31(26)22-25/h1-22,35H. The van der Waals surface area contributed by atoms with E-state index in [2.05, 4.69) is 108 Å². The fourth-order valence-corrected chi connectivity index (χ4v) is 5.23. The Morgan fingerprint density at radius 1 is 0.389 bits per heavy atom. The molecule has 0 atom stereocenters. The maximum absolute atomic E-state index is 6.66. The molecule has 0 amide bonds. The number of ether oxygens (including phenoxy) is 1. The van der Waals surface area contributed by atoms with Gasteiger partial charge in [0, 0.05) is 22.5 Å². The summed E-state index contributed by atoms with van der Waals surface area (Å²) in [5.41, 5.74) is 8.96. The van der Waals surface area contributed by atoms with E-state index >= 15 is 0 Å². The highest BCUT2D eigenvalue weighted by atomic mass is 16.5. The zero-order chi connectivity index (χ0) is 23.9. The summed E-state index contributed by atoms with van der Waals surface area (Å²) in [6, 6.07) is 46.7. The highest BCUT2D eigenvalue weighted by Gasteiger charge is 2.20. The predicted octanol–water partition coefficient (Wildman–Crippen LogP) is 9.69. The van der Waals surface area contributed by atoms with Gasteiger partial charge in [-0.1, -0.05) is 97.1 Å². The predicted molar refractivity (Wildman–Crippen MR) is 150 cm³/mol. The largest absolute Gasteiger partial charge is 0.456 e. The second kappa shape index (κ2) is 8.44. The van der Waals surface area contributed by atoms with E-state index in [0.717, 1.165) is 39.6 Å². The summed E-state index contributed by atoms with van der Waals surface area (Å²) in [7, 11) is 0. The van der Waals surface area contributed by atoms with E-state index in [9.17, 15) is 0 Å². The Bertz CT molecular complexity index is 1730. The number of anilines is 2. The number of benzene rings is 6. The summed E-state index contributed by atoms with van der Waals surface area (Å²) in [5, 5.41) is 6.02. The summed E-state index contributed by atoms with van der Waals surface area (Å²) >= 11 is 0. The average molecular weight is 462 g/mol. The lowest BCUT2D eigenvalue weighted by Crippen LogP contribution is -1.97. The molecule has 0 aliphatic carbocycles. The molecule has 0 spiro atoms. The van der Waals surface area contributed by atoms with Crippen LogP contribution in [0.4, 0.5) is 11.4 Å².